The van der Waals surface area contributed by atoms with Gasteiger partial charge in [-0.25, -0.2) is 9.50 Å². The Morgan fingerprint density at radius 1 is 1.40 bits per heavy atom. The maximum Gasteiger partial charge on any atom is 0.154 e. The van der Waals surface area contributed by atoms with Crippen LogP contribution in [-0.2, 0) is 4.74 Å². The molecule has 0 unspecified atom stereocenters. The highest BCUT2D eigenvalue weighted by atomic mass is 79.9. The third-order valence-corrected chi connectivity index (χ3v) is 4.24. The van der Waals surface area contributed by atoms with E-state index in [1.54, 1.807) is 6.20 Å². The van der Waals surface area contributed by atoms with Crippen LogP contribution in [0.5, 0.6) is 0 Å². The molecule has 0 saturated carbocycles. The number of fused-ring (bicyclic) bond motifs is 1. The van der Waals surface area contributed by atoms with Gasteiger partial charge in [-0.3, -0.25) is 0 Å². The van der Waals surface area contributed by atoms with Crippen LogP contribution in [0.15, 0.2) is 22.9 Å². The van der Waals surface area contributed by atoms with Crippen LogP contribution in [0.1, 0.15) is 26.2 Å². The monoisotopic (exact) mass is 338 g/mol. The van der Waals surface area contributed by atoms with E-state index in [2.05, 4.69) is 38.8 Å². The van der Waals surface area contributed by atoms with Gasteiger partial charge in [0.05, 0.1) is 6.20 Å². The van der Waals surface area contributed by atoms with Gasteiger partial charge >= 0.3 is 0 Å². The Balaban J connectivity index is 1.93. The Labute approximate surface area is 127 Å². The zero-order valence-corrected chi connectivity index (χ0v) is 13.2. The third kappa shape index (κ3) is 2.67. The molecule has 3 heterocycles. The molecule has 3 rings (SSSR count). The molecule has 2 aromatic heterocycles. The second-order valence-electron chi connectivity index (χ2n) is 5.08. The van der Waals surface area contributed by atoms with E-state index in [1.807, 2.05) is 10.6 Å². The molecule has 0 radical (unpaired) electrons. The number of aromatic nitrogens is 3. The minimum atomic E-state index is 0.524. The van der Waals surface area contributed by atoms with Gasteiger partial charge < -0.3 is 9.64 Å². The van der Waals surface area contributed by atoms with E-state index in [-0.39, 0.29) is 0 Å². The number of nitrogens with zero attached hydrogens (tertiary/aromatic N) is 4. The van der Waals surface area contributed by atoms with Crippen LogP contribution in [-0.4, -0.2) is 40.4 Å². The zero-order chi connectivity index (χ0) is 13.9. The molecule has 1 aliphatic rings. The lowest BCUT2D eigenvalue weighted by Gasteiger charge is -2.35. The fourth-order valence-electron chi connectivity index (χ4n) is 2.71. The summed E-state index contributed by atoms with van der Waals surface area (Å²) in [6.07, 6.45) is 5.04. The first-order valence-electron chi connectivity index (χ1n) is 7.14. The van der Waals surface area contributed by atoms with Crippen molar-refractivity contribution >= 4 is 27.4 Å². The van der Waals surface area contributed by atoms with Gasteiger partial charge in [-0.2, -0.15) is 0 Å². The summed E-state index contributed by atoms with van der Waals surface area (Å²) in [4.78, 5) is 6.70. The second kappa shape index (κ2) is 6.10. The van der Waals surface area contributed by atoms with Crippen LogP contribution in [0.2, 0.25) is 0 Å². The van der Waals surface area contributed by atoms with Gasteiger partial charge in [0.25, 0.3) is 0 Å². The first-order valence-corrected chi connectivity index (χ1v) is 7.93. The molecule has 6 heteroatoms. The molecule has 1 aliphatic heterocycles. The molecule has 2 aromatic rings. The predicted octanol–water partition coefficient (Wildman–Crippen LogP) is 2.89. The molecule has 0 N–H and O–H groups in total. The minimum Gasteiger partial charge on any atom is -0.381 e. The van der Waals surface area contributed by atoms with Crippen molar-refractivity contribution in [3.05, 3.63) is 22.9 Å². The fraction of sp³-hybridized carbons (Fsp3) is 0.571. The van der Waals surface area contributed by atoms with E-state index in [1.165, 1.54) is 0 Å². The topological polar surface area (TPSA) is 42.7 Å². The molecular formula is C14H19BrN4O. The summed E-state index contributed by atoms with van der Waals surface area (Å²) >= 11 is 3.48. The van der Waals surface area contributed by atoms with E-state index in [9.17, 15) is 0 Å². The molecule has 0 atom stereocenters. The Morgan fingerprint density at radius 3 is 2.95 bits per heavy atom. The number of halogens is 1. The summed E-state index contributed by atoms with van der Waals surface area (Å²) in [5, 5.41) is 4.72. The predicted molar refractivity (Wildman–Crippen MR) is 82.2 cm³/mol. The molecule has 1 saturated heterocycles. The molecule has 5 nitrogen and oxygen atoms in total. The van der Waals surface area contributed by atoms with Crippen LogP contribution in [0.25, 0.3) is 5.65 Å². The molecule has 0 bridgehead atoms. The molecule has 0 aliphatic carbocycles. The van der Waals surface area contributed by atoms with Crippen molar-refractivity contribution in [2.75, 3.05) is 24.7 Å². The number of ether oxygens (including phenoxy) is 1. The van der Waals surface area contributed by atoms with E-state index >= 15 is 0 Å². The normalized spacial score (nSPS) is 16.7. The molecule has 0 amide bonds. The van der Waals surface area contributed by atoms with Crippen molar-refractivity contribution in [1.29, 1.82) is 0 Å². The van der Waals surface area contributed by atoms with E-state index in [0.29, 0.717) is 6.04 Å². The Bertz CT molecular complexity index is 580. The summed E-state index contributed by atoms with van der Waals surface area (Å²) in [6.45, 7) is 4.93. The zero-order valence-electron chi connectivity index (χ0n) is 11.6. The van der Waals surface area contributed by atoms with Gasteiger partial charge in [0, 0.05) is 25.8 Å². The van der Waals surface area contributed by atoms with Gasteiger partial charge in [-0.1, -0.05) is 6.92 Å². The smallest absolute Gasteiger partial charge is 0.154 e. The first kappa shape index (κ1) is 13.8. The standard InChI is InChI=1S/C14H19BrN4O/c1-2-7-18(11-5-8-20-9-6-11)14-4-3-13-16-10-12(15)19(13)17-14/h3-4,10-11H,2,5-9H2,1H3. The van der Waals surface area contributed by atoms with Gasteiger partial charge in [-0.15, -0.1) is 5.10 Å². The lowest BCUT2D eigenvalue weighted by molar-refractivity contribution is 0.0842. The average Bonchev–Trinajstić information content (AvgIpc) is 2.87. The van der Waals surface area contributed by atoms with Gasteiger partial charge in [0.15, 0.2) is 5.65 Å². The SMILES string of the molecule is CCCN(c1ccc2ncc(Br)n2n1)C1CCOCC1. The van der Waals surface area contributed by atoms with Crippen LogP contribution in [0.3, 0.4) is 0 Å². The first-order chi connectivity index (χ1) is 9.79. The van der Waals surface area contributed by atoms with Gasteiger partial charge in [-0.05, 0) is 47.3 Å². The highest BCUT2D eigenvalue weighted by Crippen LogP contribution is 2.22. The van der Waals surface area contributed by atoms with Crippen molar-refractivity contribution in [3.63, 3.8) is 0 Å². The maximum atomic E-state index is 5.47. The number of imidazole rings is 1. The van der Waals surface area contributed by atoms with Crippen molar-refractivity contribution in [2.24, 2.45) is 0 Å². The number of anilines is 1. The molecule has 0 spiro atoms. The van der Waals surface area contributed by atoms with Crippen LogP contribution >= 0.6 is 15.9 Å². The largest absolute Gasteiger partial charge is 0.381 e. The number of hydrogen-bond acceptors (Lipinski definition) is 4. The highest BCUT2D eigenvalue weighted by molar-refractivity contribution is 9.10. The summed E-state index contributed by atoms with van der Waals surface area (Å²) in [6, 6.07) is 4.62. The summed E-state index contributed by atoms with van der Waals surface area (Å²) in [7, 11) is 0. The Hall–Kier alpha value is -1.14. The molecule has 0 aromatic carbocycles. The lowest BCUT2D eigenvalue weighted by atomic mass is 10.1. The van der Waals surface area contributed by atoms with Crippen molar-refractivity contribution in [3.8, 4) is 0 Å². The van der Waals surface area contributed by atoms with E-state index in [0.717, 1.165) is 55.1 Å². The Kier molecular flexibility index (Phi) is 4.21. The van der Waals surface area contributed by atoms with Gasteiger partial charge in [0.2, 0.25) is 0 Å². The Morgan fingerprint density at radius 2 is 2.20 bits per heavy atom. The lowest BCUT2D eigenvalue weighted by Crippen LogP contribution is -2.40. The fourth-order valence-corrected chi connectivity index (χ4v) is 3.07. The van der Waals surface area contributed by atoms with Crippen molar-refractivity contribution in [2.45, 2.75) is 32.2 Å². The third-order valence-electron chi connectivity index (χ3n) is 3.70. The second-order valence-corrected chi connectivity index (χ2v) is 5.89. The van der Waals surface area contributed by atoms with Crippen molar-refractivity contribution in [1.82, 2.24) is 14.6 Å². The van der Waals surface area contributed by atoms with E-state index < -0.39 is 0 Å². The maximum absolute atomic E-state index is 5.47. The highest BCUT2D eigenvalue weighted by Gasteiger charge is 2.22. The average molecular weight is 339 g/mol. The summed E-state index contributed by atoms with van der Waals surface area (Å²) in [5.74, 6) is 1.02. The summed E-state index contributed by atoms with van der Waals surface area (Å²) in [5.41, 5.74) is 0.865. The number of hydrogen-bond donors (Lipinski definition) is 0. The quantitative estimate of drug-likeness (QED) is 0.859. The molecule has 20 heavy (non-hydrogen) atoms. The molecule has 1 fully saturated rings. The van der Waals surface area contributed by atoms with Crippen LogP contribution in [0.4, 0.5) is 5.82 Å². The van der Waals surface area contributed by atoms with E-state index in [4.69, 9.17) is 9.84 Å². The van der Waals surface area contributed by atoms with Crippen molar-refractivity contribution < 1.29 is 4.74 Å². The van der Waals surface area contributed by atoms with Crippen LogP contribution in [0, 0.1) is 0 Å². The molecule has 108 valence electrons. The minimum absolute atomic E-state index is 0.524. The molecular weight excluding hydrogens is 320 g/mol. The van der Waals surface area contributed by atoms with Crippen LogP contribution < -0.4 is 4.90 Å². The number of rotatable bonds is 4. The summed E-state index contributed by atoms with van der Waals surface area (Å²) < 4.78 is 8.20. The van der Waals surface area contributed by atoms with Gasteiger partial charge in [0.1, 0.15) is 10.4 Å².